The first kappa shape index (κ1) is 10.6. The van der Waals surface area contributed by atoms with Gasteiger partial charge in [-0.1, -0.05) is 12.1 Å². The van der Waals surface area contributed by atoms with E-state index in [9.17, 15) is 9.50 Å². The van der Waals surface area contributed by atoms with Crippen LogP contribution in [0.25, 0.3) is 0 Å². The second-order valence-electron chi connectivity index (χ2n) is 2.73. The van der Waals surface area contributed by atoms with Crippen molar-refractivity contribution in [3.63, 3.8) is 0 Å². The third-order valence-electron chi connectivity index (χ3n) is 1.76. The van der Waals surface area contributed by atoms with Crippen LogP contribution in [0.5, 0.6) is 0 Å². The van der Waals surface area contributed by atoms with E-state index in [1.54, 1.807) is 12.1 Å². The molecule has 0 aliphatic rings. The number of aliphatic hydroxyl groups is 1. The average molecular weight is 202 g/mol. The molecule has 0 saturated carbocycles. The molecule has 0 saturated heterocycles. The normalized spacial score (nSPS) is 12.8. The Hall–Kier alpha value is -0.500. The van der Waals surface area contributed by atoms with Crippen molar-refractivity contribution >= 4 is 9.47 Å². The van der Waals surface area contributed by atoms with Crippen LogP contribution in [0.3, 0.4) is 0 Å². The van der Waals surface area contributed by atoms with Crippen molar-refractivity contribution in [3.05, 3.63) is 35.6 Å². The van der Waals surface area contributed by atoms with Crippen LogP contribution < -0.4 is 0 Å². The number of hydrogen-bond acceptors (Lipinski definition) is 2. The molecule has 2 atom stereocenters. The molecule has 0 fully saturated rings. The molecule has 0 bridgehead atoms. The maximum atomic E-state index is 12.5. The summed E-state index contributed by atoms with van der Waals surface area (Å²) in [6, 6.07) is 5.81. The van der Waals surface area contributed by atoms with Crippen LogP contribution >= 0.6 is 9.47 Å². The van der Waals surface area contributed by atoms with Crippen LogP contribution in [0, 0.1) is 5.82 Å². The van der Waals surface area contributed by atoms with Gasteiger partial charge in [0.2, 0.25) is 0 Å². The summed E-state index contributed by atoms with van der Waals surface area (Å²) in [5.41, 5.74) is 0.712. The first-order valence-electron chi connectivity index (χ1n) is 3.99. The van der Waals surface area contributed by atoms with Gasteiger partial charge in [-0.05, 0) is 17.7 Å². The van der Waals surface area contributed by atoms with Crippen molar-refractivity contribution in [1.29, 1.82) is 0 Å². The summed E-state index contributed by atoms with van der Waals surface area (Å²) in [6.07, 6.45) is -0.0732. The van der Waals surface area contributed by atoms with E-state index >= 15 is 0 Å². The molecule has 1 N–H and O–H groups in total. The maximum absolute atomic E-state index is 12.5. The summed E-state index contributed by atoms with van der Waals surface area (Å²) in [6.45, 7) is 0.462. The number of rotatable bonds is 4. The molecular formula is C9H12FO2P. The lowest BCUT2D eigenvalue weighted by Gasteiger charge is -2.09. The fourth-order valence-corrected chi connectivity index (χ4v) is 1.17. The molecule has 1 aromatic rings. The topological polar surface area (TPSA) is 29.5 Å². The Morgan fingerprint density at radius 2 is 2.00 bits per heavy atom. The molecule has 0 radical (unpaired) electrons. The Morgan fingerprint density at radius 3 is 2.54 bits per heavy atom. The van der Waals surface area contributed by atoms with Gasteiger partial charge in [0, 0.05) is 15.9 Å². The zero-order valence-corrected chi connectivity index (χ0v) is 8.27. The van der Waals surface area contributed by atoms with Crippen molar-refractivity contribution < 1.29 is 14.0 Å². The maximum Gasteiger partial charge on any atom is 0.123 e. The van der Waals surface area contributed by atoms with Gasteiger partial charge < -0.3 is 9.63 Å². The Kier molecular flexibility index (Phi) is 4.29. The summed E-state index contributed by atoms with van der Waals surface area (Å²) in [5, 5.41) is 9.53. The minimum atomic E-state index is -0.582. The molecule has 2 nitrogen and oxygen atoms in total. The highest BCUT2D eigenvalue weighted by atomic mass is 31.0. The third kappa shape index (κ3) is 3.39. The van der Waals surface area contributed by atoms with Gasteiger partial charge in [-0.25, -0.2) is 4.39 Å². The zero-order valence-electron chi connectivity index (χ0n) is 7.11. The highest BCUT2D eigenvalue weighted by molar-refractivity contribution is 7.09. The molecule has 0 aliphatic heterocycles. The van der Waals surface area contributed by atoms with E-state index in [-0.39, 0.29) is 5.82 Å². The van der Waals surface area contributed by atoms with Crippen molar-refractivity contribution in [2.75, 3.05) is 6.61 Å². The predicted octanol–water partition coefficient (Wildman–Crippen LogP) is 2.06. The summed E-state index contributed by atoms with van der Waals surface area (Å²) in [7, 11) is 2.12. The summed E-state index contributed by atoms with van der Waals surface area (Å²) in [5.74, 6) is -0.293. The largest absolute Gasteiger partial charge is 0.388 e. The van der Waals surface area contributed by atoms with Crippen LogP contribution in [0.2, 0.25) is 0 Å². The van der Waals surface area contributed by atoms with E-state index in [1.165, 1.54) is 12.1 Å². The Bertz CT molecular complexity index is 250. The minimum absolute atomic E-state index is 0.293. The Morgan fingerprint density at radius 1 is 1.38 bits per heavy atom. The summed E-state index contributed by atoms with van der Waals surface area (Å²) in [4.78, 5) is 0. The van der Waals surface area contributed by atoms with Gasteiger partial charge in [-0.3, -0.25) is 0 Å². The smallest absolute Gasteiger partial charge is 0.123 e. The van der Waals surface area contributed by atoms with E-state index < -0.39 is 6.10 Å². The van der Waals surface area contributed by atoms with Crippen molar-refractivity contribution in [3.8, 4) is 0 Å². The lowest BCUT2D eigenvalue weighted by Crippen LogP contribution is -2.00. The molecule has 13 heavy (non-hydrogen) atoms. The summed E-state index contributed by atoms with van der Waals surface area (Å²) >= 11 is 0. The molecule has 2 unspecified atom stereocenters. The first-order valence-corrected chi connectivity index (χ1v) is 4.46. The number of hydrogen-bond donors (Lipinski definition) is 1. The van der Waals surface area contributed by atoms with Gasteiger partial charge in [-0.2, -0.15) is 0 Å². The van der Waals surface area contributed by atoms with Gasteiger partial charge in [0.05, 0.1) is 12.7 Å². The number of halogens is 1. The number of benzene rings is 1. The molecular weight excluding hydrogens is 190 g/mol. The predicted molar refractivity (Wildman–Crippen MR) is 51.6 cm³/mol. The number of aliphatic hydroxyl groups excluding tert-OH is 1. The quantitative estimate of drug-likeness (QED) is 0.757. The van der Waals surface area contributed by atoms with E-state index in [4.69, 9.17) is 4.52 Å². The van der Waals surface area contributed by atoms with E-state index in [0.717, 1.165) is 0 Å². The van der Waals surface area contributed by atoms with Gasteiger partial charge in [-0.15, -0.1) is 0 Å². The van der Waals surface area contributed by atoms with Crippen LogP contribution in [0.4, 0.5) is 4.39 Å². The molecule has 0 aliphatic carbocycles. The van der Waals surface area contributed by atoms with Crippen molar-refractivity contribution in [2.45, 2.75) is 12.5 Å². The highest BCUT2D eigenvalue weighted by Crippen LogP contribution is 2.16. The monoisotopic (exact) mass is 202 g/mol. The standard InChI is InChI=1S/C9H12FO2P/c10-8-3-1-7(2-4-8)9(11)5-6-12-13/h1-4,9,11H,5-6,13H2. The lowest BCUT2D eigenvalue weighted by molar-refractivity contribution is 0.146. The van der Waals surface area contributed by atoms with Gasteiger partial charge in [0.25, 0.3) is 0 Å². The SMILES string of the molecule is OC(CCOP)c1ccc(F)cc1. The van der Waals surface area contributed by atoms with E-state index in [0.29, 0.717) is 18.6 Å². The molecule has 0 amide bonds. The third-order valence-corrected chi connectivity index (χ3v) is 2.00. The van der Waals surface area contributed by atoms with E-state index in [2.05, 4.69) is 9.47 Å². The van der Waals surface area contributed by atoms with E-state index in [1.807, 2.05) is 0 Å². The molecule has 4 heteroatoms. The minimum Gasteiger partial charge on any atom is -0.388 e. The van der Waals surface area contributed by atoms with Gasteiger partial charge in [0.1, 0.15) is 5.82 Å². The molecule has 1 aromatic carbocycles. The second-order valence-corrected chi connectivity index (χ2v) is 3.06. The second kappa shape index (κ2) is 5.28. The average Bonchev–Trinajstić information content (AvgIpc) is 2.15. The first-order chi connectivity index (χ1) is 6.24. The van der Waals surface area contributed by atoms with Crippen LogP contribution in [-0.4, -0.2) is 11.7 Å². The van der Waals surface area contributed by atoms with Gasteiger partial charge in [0.15, 0.2) is 0 Å². The van der Waals surface area contributed by atoms with Crippen LogP contribution in [0.1, 0.15) is 18.1 Å². The Balaban J connectivity index is 2.55. The molecule has 72 valence electrons. The van der Waals surface area contributed by atoms with Crippen LogP contribution in [0.15, 0.2) is 24.3 Å². The van der Waals surface area contributed by atoms with Gasteiger partial charge >= 0.3 is 0 Å². The highest BCUT2D eigenvalue weighted by Gasteiger charge is 2.06. The molecule has 1 rings (SSSR count). The molecule has 0 heterocycles. The lowest BCUT2D eigenvalue weighted by atomic mass is 10.1. The molecule has 0 aromatic heterocycles. The Labute approximate surface area is 79.0 Å². The fourth-order valence-electron chi connectivity index (χ4n) is 1.03. The molecule has 0 spiro atoms. The van der Waals surface area contributed by atoms with Crippen LogP contribution in [-0.2, 0) is 4.52 Å². The van der Waals surface area contributed by atoms with Crippen molar-refractivity contribution in [1.82, 2.24) is 0 Å². The zero-order chi connectivity index (χ0) is 9.68. The van der Waals surface area contributed by atoms with Crippen molar-refractivity contribution in [2.24, 2.45) is 0 Å². The summed E-state index contributed by atoms with van der Waals surface area (Å²) < 4.78 is 17.2. The fraction of sp³-hybridized carbons (Fsp3) is 0.333.